The number of carbonyl (C=O) groups is 3. The van der Waals surface area contributed by atoms with E-state index in [9.17, 15) is 18.8 Å². The Kier molecular flexibility index (Phi) is 57.6. The third-order valence-corrected chi connectivity index (χ3v) is 32.6. The van der Waals surface area contributed by atoms with Gasteiger partial charge in [-0.15, -0.1) is 0 Å². The molecule has 1 aromatic rings. The predicted octanol–water partition coefficient (Wildman–Crippen LogP) is 25.5. The molecule has 14 rings (SSSR count). The van der Waals surface area contributed by atoms with E-state index in [1.54, 1.807) is 6.92 Å². The van der Waals surface area contributed by atoms with Gasteiger partial charge in [0.25, 0.3) is 0 Å². The number of likely N-dealkylation sites (tertiary alicyclic amines) is 8. The van der Waals surface area contributed by atoms with Crippen molar-refractivity contribution in [2.45, 2.75) is 564 Å². The van der Waals surface area contributed by atoms with E-state index in [1.807, 2.05) is 26.8 Å². The molecule has 14 heterocycles. The summed E-state index contributed by atoms with van der Waals surface area (Å²) in [6.45, 7) is 151. The molecule has 3 unspecified atom stereocenters. The van der Waals surface area contributed by atoms with Gasteiger partial charge >= 0.3 is 0 Å². The molecule has 0 bridgehead atoms. The van der Waals surface area contributed by atoms with Crippen molar-refractivity contribution < 1.29 is 18.8 Å². The lowest BCUT2D eigenvalue weighted by atomic mass is 9.86. The molecule has 0 saturated carbocycles. The zero-order valence-electron chi connectivity index (χ0n) is 110. The van der Waals surface area contributed by atoms with Crippen LogP contribution in [0.3, 0.4) is 0 Å². The number of hydrogen-bond acceptors (Lipinski definition) is 17. The Morgan fingerprint density at radius 1 is 0.257 bits per heavy atom. The molecule has 13 aliphatic heterocycles. The molecule has 0 aromatic carbocycles. The Labute approximate surface area is 923 Å². The highest BCUT2D eigenvalue weighted by atomic mass is 19.1. The lowest BCUT2D eigenvalue weighted by Gasteiger charge is -2.58. The second-order valence-electron chi connectivity index (χ2n) is 62.7. The predicted molar refractivity (Wildman–Crippen MR) is 648 cm³/mol. The van der Waals surface area contributed by atoms with Crippen LogP contribution in [0.5, 0.6) is 0 Å². The van der Waals surface area contributed by atoms with Crippen molar-refractivity contribution in [1.29, 1.82) is 0 Å². The molecule has 0 N–H and O–H groups in total. The Morgan fingerprint density at radius 3 is 0.750 bits per heavy atom. The summed E-state index contributed by atoms with van der Waals surface area (Å²) >= 11 is 0. The smallest absolute Gasteiger partial charge is 0.224 e. The molecule has 13 aliphatic rings. The van der Waals surface area contributed by atoms with Crippen molar-refractivity contribution in [2.75, 3.05) is 198 Å². The normalized spacial score (nSPS) is 24.2. The van der Waals surface area contributed by atoms with Gasteiger partial charge in [0.1, 0.15) is 5.67 Å². The maximum absolute atomic E-state index is 12.9. The molecule has 21 nitrogen and oxygen atoms in total. The molecule has 22 heteroatoms. The van der Waals surface area contributed by atoms with Crippen molar-refractivity contribution >= 4 is 17.7 Å². The Hall–Kier alpha value is -2.94. The highest BCUT2D eigenvalue weighted by Gasteiger charge is 2.47. The number of carbonyl (C=O) groups excluding carboxylic acids is 3. The van der Waals surface area contributed by atoms with Crippen LogP contribution < -0.4 is 0 Å². The molecule has 0 spiro atoms. The fourth-order valence-electron chi connectivity index (χ4n) is 20.2. The van der Waals surface area contributed by atoms with E-state index in [1.165, 1.54) is 163 Å². The van der Waals surface area contributed by atoms with Crippen LogP contribution in [0.1, 0.15) is 452 Å². The number of piperazine rings is 4. The Balaban J connectivity index is 0.00000158. The number of aromatic nitrogens is 1. The van der Waals surface area contributed by atoms with E-state index in [4.69, 9.17) is 0 Å². The summed E-state index contributed by atoms with van der Waals surface area (Å²) in [5.41, 5.74) is 3.74. The number of nitrogens with zero attached hydrogens (tertiary/aromatic N) is 18. The van der Waals surface area contributed by atoms with Crippen LogP contribution in [0.25, 0.3) is 0 Å². The van der Waals surface area contributed by atoms with E-state index in [0.29, 0.717) is 92.7 Å². The van der Waals surface area contributed by atoms with Crippen LogP contribution in [0.2, 0.25) is 0 Å². The van der Waals surface area contributed by atoms with Gasteiger partial charge in [0.2, 0.25) is 17.7 Å². The SMILES string of the molecule is C.CC(C)(C)N1CC1.CC(C)(C)N1CCC1=O.CC(C)(C)N1CCCC1=O.CC(C)(C)N1CCCC1=O.CC(C)(C)N1CCCCC1.CC(C)(C)n1cccc1.CC1(F)CN(C(C)(C)C)C1.CC1CCN(C(C)(C)C)C1.CC1CCN(C(C)(C)C)CC1.CC1CN(C(C)(C)C)C1.CC1CN(C(C)(C)C)CC(C)N1C.CN1C(C)(C)CN(C(C)(C)C)CC1(C)C.CN1CCN(C(C)(C)C)CC1.CN1CCN(C(C)(C)C)CC1(C)C. The largest absolute Gasteiger partial charge is 0.349 e. The lowest BCUT2D eigenvalue weighted by molar-refractivity contribution is -0.146. The van der Waals surface area contributed by atoms with Crippen LogP contribution in [0.4, 0.5) is 4.39 Å². The Morgan fingerprint density at radius 2 is 0.534 bits per heavy atom. The first-order valence-electron chi connectivity index (χ1n) is 58.8. The van der Waals surface area contributed by atoms with Gasteiger partial charge in [-0.3, -0.25) is 78.1 Å². The summed E-state index contributed by atoms with van der Waals surface area (Å²) in [4.78, 5) is 73.9. The van der Waals surface area contributed by atoms with Gasteiger partial charge in [-0.2, -0.15) is 0 Å². The quantitative estimate of drug-likeness (QED) is 0.181. The highest BCUT2D eigenvalue weighted by Crippen LogP contribution is 2.37. The highest BCUT2D eigenvalue weighted by molar-refractivity contribution is 5.82. The molecule has 148 heavy (non-hydrogen) atoms. The summed E-state index contributed by atoms with van der Waals surface area (Å²) in [6.07, 6.45) is 16.9. The summed E-state index contributed by atoms with van der Waals surface area (Å²) in [5, 5.41) is 0. The average Bonchev–Trinajstić information content (AvgIpc) is 0.834. The minimum atomic E-state index is -0.923. The van der Waals surface area contributed by atoms with Gasteiger partial charge in [-0.1, -0.05) is 34.6 Å². The minimum Gasteiger partial charge on any atom is -0.349 e. The molecule has 1 aromatic heterocycles. The van der Waals surface area contributed by atoms with Crippen LogP contribution in [-0.4, -0.2) is 410 Å². The molecular weight excluding hydrogens is 1830 g/mol. The fourth-order valence-corrected chi connectivity index (χ4v) is 20.2. The van der Waals surface area contributed by atoms with Crippen LogP contribution >= 0.6 is 0 Å². The standard InChI is InChI=1S/C13H28N2.2C11H24N2.C10H21N.C9H20N2.2C9H19N.C8H16FN.2C8H15NO.C8H17N.C8H13N.C7H13NO.C6H13N.CH4/c1-11(2,3)15-9-12(4,5)14(8)13(6,7)10-15;1-9-7-13(11(3,4)5)8-10(2)12(9)6;1-10(2,3)13-8-7-12(6)11(4,5)9-13;1-9-5-7-11(8-6-9)10(2,3)4;1-9(2,3)11-7-5-10(4)6-8-11;1-8-5-6-10(7-8)9(2,3)4;1-9(2,3)10-7-5-4-6-8-10;1-7(2,3)10-5-8(4,9)6-10;2*1-8(2,3)9-6-4-5-7(9)10;1-7-5-9(6-7)8(2,3)4;1-8(2,3)9-6-4-5-7-9;1-7(2,3)8-5-4-6(8)9;1-6(2,3)7-4-5-7;/h9-10H2,1-8H3;9-10H,7-8H2,1-6H3;7-9H2,1-6H3;9H,5-8H2,1-4H3;5-8H2,1-4H3;8H,5-7H2,1-4H3;4-8H2,1-3H3;5-6H2,1-4H3;2*4-6H2,1-3H3;7H,5-6H2,1-4H3;4-7H,1-3H3;4-5H2,1-3H3;4-5H2,1-3H3;1H4. The zero-order valence-corrected chi connectivity index (χ0v) is 110. The third kappa shape index (κ3) is 55.0. The number of likely N-dealkylation sites (N-methyl/N-ethyl adjacent to an activating group) is 4. The summed E-state index contributed by atoms with van der Waals surface area (Å²) in [7, 11) is 8.90. The second-order valence-corrected chi connectivity index (χ2v) is 62.7. The minimum absolute atomic E-state index is 0. The first-order chi connectivity index (χ1) is 65.7. The number of rotatable bonds is 0. The molecule has 13 fully saturated rings. The molecule has 13 saturated heterocycles. The Bertz CT molecular complexity index is 3650. The zero-order chi connectivity index (χ0) is 115. The lowest BCUT2D eigenvalue weighted by Crippen LogP contribution is -2.69. The molecule has 880 valence electrons. The number of halogens is 1. The first kappa shape index (κ1) is 145. The van der Waals surface area contributed by atoms with Crippen LogP contribution in [0.15, 0.2) is 24.5 Å². The van der Waals surface area contributed by atoms with Crippen molar-refractivity contribution in [2.24, 2.45) is 17.8 Å². The molecule has 0 radical (unpaired) electrons. The number of alkyl halides is 1. The van der Waals surface area contributed by atoms with Gasteiger partial charge in [-0.05, 0) is 489 Å². The number of amides is 3. The monoisotopic (exact) mass is 2090 g/mol. The van der Waals surface area contributed by atoms with E-state index >= 15 is 0 Å². The molecule has 3 amide bonds. The summed E-state index contributed by atoms with van der Waals surface area (Å²) in [6, 6.07) is 5.46. The van der Waals surface area contributed by atoms with Crippen LogP contribution in [0, 0.1) is 17.8 Å². The molecule has 0 aliphatic carbocycles. The first-order valence-corrected chi connectivity index (χ1v) is 58.8. The number of piperidine rings is 2. The van der Waals surface area contributed by atoms with Gasteiger partial charge in [0.15, 0.2) is 0 Å². The van der Waals surface area contributed by atoms with Crippen LogP contribution in [-0.2, 0) is 19.9 Å². The van der Waals surface area contributed by atoms with Crippen molar-refractivity contribution in [3.8, 4) is 0 Å². The van der Waals surface area contributed by atoms with E-state index in [2.05, 4.69) is 481 Å². The number of hydrogen-bond donors (Lipinski definition) is 0. The third-order valence-electron chi connectivity index (χ3n) is 32.6. The van der Waals surface area contributed by atoms with E-state index in [-0.39, 0.29) is 51.7 Å². The summed E-state index contributed by atoms with van der Waals surface area (Å²) < 4.78 is 15.1. The van der Waals surface area contributed by atoms with Gasteiger partial charge in [-0.25, -0.2) is 4.39 Å². The van der Waals surface area contributed by atoms with Gasteiger partial charge in [0.05, 0.1) is 0 Å². The second kappa shape index (κ2) is 58.7. The van der Waals surface area contributed by atoms with Gasteiger partial charge in [0, 0.05) is 275 Å². The average molecular weight is 2100 g/mol. The number of β-lactam (4-membered cyclic amide) rings is 1. The molecule has 3 atom stereocenters. The van der Waals surface area contributed by atoms with Crippen molar-refractivity contribution in [3.05, 3.63) is 24.5 Å². The van der Waals surface area contributed by atoms with Crippen molar-refractivity contribution in [1.82, 2.24) is 87.9 Å². The van der Waals surface area contributed by atoms with Gasteiger partial charge < -0.3 is 24.2 Å². The summed E-state index contributed by atoms with van der Waals surface area (Å²) in [5.74, 6) is 3.72. The molecular formula is C126H261FN18O3. The fraction of sp³-hybridized carbons (Fsp3) is 0.944. The maximum atomic E-state index is 12.9. The topological polar surface area (TPSA) is 111 Å². The van der Waals surface area contributed by atoms with E-state index < -0.39 is 5.67 Å². The maximum Gasteiger partial charge on any atom is 0.224 e. The van der Waals surface area contributed by atoms with E-state index in [0.717, 1.165) is 82.6 Å². The van der Waals surface area contributed by atoms with Crippen molar-refractivity contribution in [3.63, 3.8) is 0 Å².